The van der Waals surface area contributed by atoms with Crippen LogP contribution in [0, 0.1) is 5.82 Å². The number of esters is 1. The lowest BCUT2D eigenvalue weighted by Gasteiger charge is -2.14. The number of halogens is 2. The third-order valence-electron chi connectivity index (χ3n) is 3.47. The Balaban J connectivity index is 1.67. The largest absolute Gasteiger partial charge is 0.482 e. The maximum Gasteiger partial charge on any atom is 0.344 e. The number of rotatable bonds is 8. The van der Waals surface area contributed by atoms with Crippen molar-refractivity contribution < 1.29 is 23.5 Å². The second-order valence-corrected chi connectivity index (χ2v) is 6.46. The van der Waals surface area contributed by atoms with E-state index in [9.17, 15) is 14.0 Å². The lowest BCUT2D eigenvalue weighted by molar-refractivity contribution is -0.156. The van der Waals surface area contributed by atoms with Crippen molar-refractivity contribution in [2.24, 2.45) is 0 Å². The van der Waals surface area contributed by atoms with Crippen LogP contribution in [0.25, 0.3) is 0 Å². The molecule has 0 aliphatic heterocycles. The van der Waals surface area contributed by atoms with Crippen molar-refractivity contribution in [3.05, 3.63) is 64.4 Å². The van der Waals surface area contributed by atoms with Gasteiger partial charge >= 0.3 is 5.97 Å². The Labute approximate surface area is 159 Å². The summed E-state index contributed by atoms with van der Waals surface area (Å²) < 4.78 is 24.1. The van der Waals surface area contributed by atoms with Gasteiger partial charge in [0.1, 0.15) is 11.6 Å². The molecule has 0 heterocycles. The molecular weight excluding hydrogens is 405 g/mol. The summed E-state index contributed by atoms with van der Waals surface area (Å²) in [5.74, 6) is -0.802. The standard InChI is InChI=1S/C19H19BrFNO4/c1-13(19(24)22-11-10-14-2-6-16(21)7-3-14)26-18(23)12-25-17-8-4-15(20)5-9-17/h2-9,13H,10-12H2,1H3,(H,22,24). The lowest BCUT2D eigenvalue weighted by atomic mass is 10.1. The van der Waals surface area contributed by atoms with Crippen molar-refractivity contribution in [3.63, 3.8) is 0 Å². The van der Waals surface area contributed by atoms with Crippen molar-refractivity contribution in [2.75, 3.05) is 13.2 Å². The van der Waals surface area contributed by atoms with E-state index < -0.39 is 18.0 Å². The maximum atomic E-state index is 12.8. The number of ether oxygens (including phenoxy) is 2. The number of carbonyl (C=O) groups excluding carboxylic acids is 2. The smallest absolute Gasteiger partial charge is 0.344 e. The molecule has 1 atom stereocenters. The molecule has 0 saturated carbocycles. The second-order valence-electron chi connectivity index (χ2n) is 5.54. The summed E-state index contributed by atoms with van der Waals surface area (Å²) in [6.07, 6.45) is -0.372. The van der Waals surface area contributed by atoms with Crippen molar-refractivity contribution in [3.8, 4) is 5.75 Å². The first-order valence-corrected chi connectivity index (χ1v) is 8.83. The summed E-state index contributed by atoms with van der Waals surface area (Å²) in [5, 5.41) is 2.67. The highest BCUT2D eigenvalue weighted by molar-refractivity contribution is 9.10. The summed E-state index contributed by atoms with van der Waals surface area (Å²) in [4.78, 5) is 23.7. The van der Waals surface area contributed by atoms with E-state index in [4.69, 9.17) is 9.47 Å². The van der Waals surface area contributed by atoms with E-state index in [-0.39, 0.29) is 12.4 Å². The Bertz CT molecular complexity index is 734. The number of carbonyl (C=O) groups is 2. The third-order valence-corrected chi connectivity index (χ3v) is 4.00. The van der Waals surface area contributed by atoms with Gasteiger partial charge in [0.2, 0.25) is 0 Å². The molecule has 0 aromatic heterocycles. The number of hydrogen-bond donors (Lipinski definition) is 1. The predicted molar refractivity (Wildman–Crippen MR) is 98.3 cm³/mol. The monoisotopic (exact) mass is 423 g/mol. The van der Waals surface area contributed by atoms with Crippen molar-refractivity contribution in [1.82, 2.24) is 5.32 Å². The summed E-state index contributed by atoms with van der Waals surface area (Å²) in [7, 11) is 0. The number of benzene rings is 2. The van der Waals surface area contributed by atoms with Crippen LogP contribution in [0.5, 0.6) is 5.75 Å². The van der Waals surface area contributed by atoms with Gasteiger partial charge < -0.3 is 14.8 Å². The van der Waals surface area contributed by atoms with E-state index in [2.05, 4.69) is 21.2 Å². The van der Waals surface area contributed by atoms with Gasteiger partial charge in [-0.2, -0.15) is 0 Å². The van der Waals surface area contributed by atoms with Crippen LogP contribution >= 0.6 is 15.9 Å². The van der Waals surface area contributed by atoms with Crippen LogP contribution in [0.1, 0.15) is 12.5 Å². The highest BCUT2D eigenvalue weighted by Gasteiger charge is 2.17. The van der Waals surface area contributed by atoms with E-state index in [1.165, 1.54) is 19.1 Å². The molecular formula is C19H19BrFNO4. The molecule has 2 aromatic rings. The molecule has 26 heavy (non-hydrogen) atoms. The Morgan fingerprint density at radius 3 is 2.42 bits per heavy atom. The first-order valence-electron chi connectivity index (χ1n) is 8.04. The fourth-order valence-corrected chi connectivity index (χ4v) is 2.35. The summed E-state index contributed by atoms with van der Waals surface area (Å²) in [6, 6.07) is 13.1. The average molecular weight is 424 g/mol. The minimum Gasteiger partial charge on any atom is -0.482 e. The van der Waals surface area contributed by atoms with E-state index >= 15 is 0 Å². The molecule has 1 unspecified atom stereocenters. The fraction of sp³-hybridized carbons (Fsp3) is 0.263. The Kier molecular flexibility index (Phi) is 7.59. The van der Waals surface area contributed by atoms with Crippen LogP contribution in [0.2, 0.25) is 0 Å². The lowest BCUT2D eigenvalue weighted by Crippen LogP contribution is -2.37. The SMILES string of the molecule is CC(OC(=O)COc1ccc(Br)cc1)C(=O)NCCc1ccc(F)cc1. The Morgan fingerprint density at radius 1 is 1.12 bits per heavy atom. The molecule has 0 spiro atoms. The maximum absolute atomic E-state index is 12.8. The molecule has 0 bridgehead atoms. The van der Waals surface area contributed by atoms with Gasteiger partial charge in [-0.25, -0.2) is 9.18 Å². The molecule has 0 saturated heterocycles. The van der Waals surface area contributed by atoms with Crippen LogP contribution in [-0.2, 0) is 20.7 Å². The van der Waals surface area contributed by atoms with Crippen LogP contribution < -0.4 is 10.1 Å². The summed E-state index contributed by atoms with van der Waals surface area (Å²) >= 11 is 3.30. The molecule has 0 aliphatic carbocycles. The van der Waals surface area contributed by atoms with Gasteiger partial charge in [0.25, 0.3) is 5.91 Å². The molecule has 2 aromatic carbocycles. The summed E-state index contributed by atoms with van der Waals surface area (Å²) in [5.41, 5.74) is 0.902. The Morgan fingerprint density at radius 2 is 1.77 bits per heavy atom. The molecule has 2 rings (SSSR count). The van der Waals surface area contributed by atoms with E-state index in [1.807, 2.05) is 0 Å². The van der Waals surface area contributed by atoms with E-state index in [0.717, 1.165) is 10.0 Å². The van der Waals surface area contributed by atoms with Crippen LogP contribution in [0.15, 0.2) is 53.0 Å². The molecule has 1 N–H and O–H groups in total. The minimum absolute atomic E-state index is 0.283. The predicted octanol–water partition coefficient (Wildman–Crippen LogP) is 3.26. The third kappa shape index (κ3) is 6.84. The van der Waals surface area contributed by atoms with Gasteiger partial charge in [-0.15, -0.1) is 0 Å². The molecule has 7 heteroatoms. The van der Waals surface area contributed by atoms with Gasteiger partial charge in [-0.05, 0) is 55.3 Å². The van der Waals surface area contributed by atoms with Crippen LogP contribution in [0.4, 0.5) is 4.39 Å². The zero-order valence-electron chi connectivity index (χ0n) is 14.2. The van der Waals surface area contributed by atoms with Gasteiger partial charge in [0.15, 0.2) is 12.7 Å². The van der Waals surface area contributed by atoms with Crippen LogP contribution in [0.3, 0.4) is 0 Å². The molecule has 5 nitrogen and oxygen atoms in total. The molecule has 0 fully saturated rings. The first kappa shape index (κ1) is 19.9. The number of amides is 1. The normalized spacial score (nSPS) is 11.5. The molecule has 1 amide bonds. The number of nitrogens with one attached hydrogen (secondary N) is 1. The van der Waals surface area contributed by atoms with Gasteiger partial charge in [-0.1, -0.05) is 28.1 Å². The highest BCUT2D eigenvalue weighted by atomic mass is 79.9. The van der Waals surface area contributed by atoms with E-state index in [1.54, 1.807) is 36.4 Å². The van der Waals surface area contributed by atoms with Gasteiger partial charge in [0.05, 0.1) is 0 Å². The van der Waals surface area contributed by atoms with Crippen molar-refractivity contribution in [2.45, 2.75) is 19.4 Å². The molecule has 0 radical (unpaired) electrons. The van der Waals surface area contributed by atoms with Gasteiger partial charge in [-0.3, -0.25) is 4.79 Å². The quantitative estimate of drug-likeness (QED) is 0.661. The minimum atomic E-state index is -0.927. The van der Waals surface area contributed by atoms with Crippen LogP contribution in [-0.4, -0.2) is 31.1 Å². The summed E-state index contributed by atoms with van der Waals surface area (Å²) in [6.45, 7) is 1.57. The zero-order valence-corrected chi connectivity index (χ0v) is 15.8. The average Bonchev–Trinajstić information content (AvgIpc) is 2.62. The number of hydrogen-bond acceptors (Lipinski definition) is 4. The van der Waals surface area contributed by atoms with E-state index in [0.29, 0.717) is 18.7 Å². The highest BCUT2D eigenvalue weighted by Crippen LogP contribution is 2.16. The zero-order chi connectivity index (χ0) is 18.9. The van der Waals surface area contributed by atoms with Crippen molar-refractivity contribution >= 4 is 27.8 Å². The topological polar surface area (TPSA) is 64.6 Å². The molecule has 138 valence electrons. The van der Waals surface area contributed by atoms with Gasteiger partial charge in [0, 0.05) is 11.0 Å². The fourth-order valence-electron chi connectivity index (χ4n) is 2.08. The van der Waals surface area contributed by atoms with Crippen molar-refractivity contribution in [1.29, 1.82) is 0 Å². The Hall–Kier alpha value is -2.41. The second kappa shape index (κ2) is 9.91. The molecule has 0 aliphatic rings. The first-order chi connectivity index (χ1) is 12.4.